The molecule has 0 saturated carbocycles. The second-order valence-corrected chi connectivity index (χ2v) is 6.21. The second-order valence-electron chi connectivity index (χ2n) is 5.77. The fraction of sp³-hybridized carbons (Fsp3) is 0.222. The lowest BCUT2D eigenvalue weighted by Crippen LogP contribution is -2.46. The molecule has 0 spiro atoms. The Hall–Kier alpha value is -2.57. The minimum atomic E-state index is -1.27. The Morgan fingerprint density at radius 2 is 1.84 bits per heavy atom. The summed E-state index contributed by atoms with van der Waals surface area (Å²) in [5, 5.41) is 16.3. The lowest BCUT2D eigenvalue weighted by atomic mass is 9.88. The number of benzene rings is 2. The average Bonchev–Trinajstić information content (AvgIpc) is 2.62. The number of aliphatic hydroxyl groups is 1. The van der Waals surface area contributed by atoms with Crippen molar-refractivity contribution in [1.82, 2.24) is 5.32 Å². The Bertz CT molecular complexity index is 794. The van der Waals surface area contributed by atoms with Crippen molar-refractivity contribution in [3.63, 3.8) is 0 Å². The second kappa shape index (κ2) is 7.13. The Morgan fingerprint density at radius 3 is 2.60 bits per heavy atom. The predicted molar refractivity (Wildman–Crippen MR) is 93.5 cm³/mol. The lowest BCUT2D eigenvalue weighted by molar-refractivity contribution is -0.137. The zero-order chi connectivity index (χ0) is 17.9. The molecule has 0 aliphatic carbocycles. The number of carbonyl (C=O) groups excluding carboxylic acids is 2. The van der Waals surface area contributed by atoms with Crippen LogP contribution < -0.4 is 15.4 Å². The number of amides is 2. The van der Waals surface area contributed by atoms with Crippen LogP contribution in [0.25, 0.3) is 0 Å². The largest absolute Gasteiger partial charge is 0.493 e. The van der Waals surface area contributed by atoms with Crippen molar-refractivity contribution >= 4 is 29.1 Å². The van der Waals surface area contributed by atoms with Gasteiger partial charge >= 0.3 is 11.8 Å². The molecule has 3 rings (SSSR count). The highest BCUT2D eigenvalue weighted by Crippen LogP contribution is 2.36. The summed E-state index contributed by atoms with van der Waals surface area (Å²) >= 11 is 5.77. The Morgan fingerprint density at radius 1 is 1.12 bits per heavy atom. The molecule has 3 N–H and O–H groups in total. The molecule has 0 bridgehead atoms. The third kappa shape index (κ3) is 3.92. The molecule has 2 aromatic carbocycles. The van der Waals surface area contributed by atoms with Gasteiger partial charge in [-0.2, -0.15) is 0 Å². The lowest BCUT2D eigenvalue weighted by Gasteiger charge is -2.34. The van der Waals surface area contributed by atoms with Gasteiger partial charge in [0.2, 0.25) is 0 Å². The summed E-state index contributed by atoms with van der Waals surface area (Å²) in [4.78, 5) is 24.0. The fourth-order valence-electron chi connectivity index (χ4n) is 2.65. The molecule has 0 saturated heterocycles. The highest BCUT2D eigenvalue weighted by atomic mass is 35.5. The van der Waals surface area contributed by atoms with Crippen LogP contribution in [-0.4, -0.2) is 30.1 Å². The van der Waals surface area contributed by atoms with Gasteiger partial charge in [-0.05, 0) is 30.3 Å². The zero-order valence-corrected chi connectivity index (χ0v) is 14.0. The van der Waals surface area contributed by atoms with Gasteiger partial charge in [0, 0.05) is 22.7 Å². The SMILES string of the molecule is O=C(NCC1(O)CCOc2ccccc21)C(=O)Nc1ccc(Cl)cc1. The highest BCUT2D eigenvalue weighted by molar-refractivity contribution is 6.39. The van der Waals surface area contributed by atoms with Crippen LogP contribution in [0.5, 0.6) is 5.75 Å². The number of anilines is 1. The molecule has 0 radical (unpaired) electrons. The standard InChI is InChI=1S/C18H17ClN2O4/c19-12-5-7-13(8-6-12)21-17(23)16(22)20-11-18(24)9-10-25-15-4-2-1-3-14(15)18/h1-8,24H,9-11H2,(H,20,22)(H,21,23). The number of rotatable bonds is 3. The van der Waals surface area contributed by atoms with Crippen molar-refractivity contribution in [2.24, 2.45) is 0 Å². The Balaban J connectivity index is 1.62. The maximum absolute atomic E-state index is 12.0. The smallest absolute Gasteiger partial charge is 0.313 e. The van der Waals surface area contributed by atoms with E-state index in [-0.39, 0.29) is 6.54 Å². The first-order valence-electron chi connectivity index (χ1n) is 7.77. The van der Waals surface area contributed by atoms with Crippen molar-refractivity contribution in [2.45, 2.75) is 12.0 Å². The molecular formula is C18H17ClN2O4. The van der Waals surface area contributed by atoms with Gasteiger partial charge < -0.3 is 20.5 Å². The first kappa shape index (κ1) is 17.3. The summed E-state index contributed by atoms with van der Waals surface area (Å²) in [5.41, 5.74) is -0.218. The minimum Gasteiger partial charge on any atom is -0.493 e. The summed E-state index contributed by atoms with van der Waals surface area (Å²) in [6.45, 7) is 0.251. The maximum atomic E-state index is 12.0. The topological polar surface area (TPSA) is 87.7 Å². The third-order valence-electron chi connectivity index (χ3n) is 4.01. The van der Waals surface area contributed by atoms with Crippen LogP contribution in [0.4, 0.5) is 5.69 Å². The monoisotopic (exact) mass is 360 g/mol. The molecule has 1 aliphatic heterocycles. The van der Waals surface area contributed by atoms with Gasteiger partial charge in [0.1, 0.15) is 11.4 Å². The quantitative estimate of drug-likeness (QED) is 0.731. The molecule has 0 fully saturated rings. The van der Waals surface area contributed by atoms with Crippen LogP contribution in [0.15, 0.2) is 48.5 Å². The van der Waals surface area contributed by atoms with Crippen molar-refractivity contribution in [3.8, 4) is 5.75 Å². The number of fused-ring (bicyclic) bond motifs is 1. The molecule has 25 heavy (non-hydrogen) atoms. The van der Waals surface area contributed by atoms with Crippen LogP contribution in [-0.2, 0) is 15.2 Å². The number of hydrogen-bond acceptors (Lipinski definition) is 4. The molecule has 1 unspecified atom stereocenters. The van der Waals surface area contributed by atoms with Crippen LogP contribution in [0.1, 0.15) is 12.0 Å². The summed E-state index contributed by atoms with van der Waals surface area (Å²) < 4.78 is 5.50. The van der Waals surface area contributed by atoms with Crippen LogP contribution in [0, 0.1) is 0 Å². The van der Waals surface area contributed by atoms with E-state index >= 15 is 0 Å². The van der Waals surface area contributed by atoms with Gasteiger partial charge in [-0.1, -0.05) is 29.8 Å². The normalized spacial score (nSPS) is 18.6. The molecular weight excluding hydrogens is 344 g/mol. The Labute approximate surface area is 149 Å². The number of nitrogens with one attached hydrogen (secondary N) is 2. The van der Waals surface area contributed by atoms with Gasteiger partial charge in [-0.25, -0.2) is 0 Å². The number of hydrogen-bond donors (Lipinski definition) is 3. The van der Waals surface area contributed by atoms with Gasteiger partial charge in [-0.15, -0.1) is 0 Å². The van der Waals surface area contributed by atoms with E-state index in [0.29, 0.717) is 35.1 Å². The van der Waals surface area contributed by atoms with E-state index in [0.717, 1.165) is 0 Å². The van der Waals surface area contributed by atoms with Gasteiger partial charge in [-0.3, -0.25) is 9.59 Å². The molecule has 130 valence electrons. The number of carbonyl (C=O) groups is 2. The Kier molecular flexibility index (Phi) is 4.92. The van der Waals surface area contributed by atoms with E-state index in [9.17, 15) is 14.7 Å². The summed E-state index contributed by atoms with van der Waals surface area (Å²) in [6.07, 6.45) is 0.323. The molecule has 2 aromatic rings. The van der Waals surface area contributed by atoms with Gasteiger partial charge in [0.25, 0.3) is 0 Å². The van der Waals surface area contributed by atoms with Crippen molar-refractivity contribution in [2.75, 3.05) is 18.5 Å². The van der Waals surface area contributed by atoms with Crippen LogP contribution >= 0.6 is 11.6 Å². The molecule has 0 aromatic heterocycles. The van der Waals surface area contributed by atoms with Crippen molar-refractivity contribution in [1.29, 1.82) is 0 Å². The average molecular weight is 361 g/mol. The fourth-order valence-corrected chi connectivity index (χ4v) is 2.78. The van der Waals surface area contributed by atoms with Crippen LogP contribution in [0.2, 0.25) is 5.02 Å². The van der Waals surface area contributed by atoms with Crippen molar-refractivity contribution in [3.05, 3.63) is 59.1 Å². The van der Waals surface area contributed by atoms with E-state index in [1.54, 1.807) is 42.5 Å². The van der Waals surface area contributed by atoms with E-state index in [2.05, 4.69) is 10.6 Å². The number of para-hydroxylation sites is 1. The zero-order valence-electron chi connectivity index (χ0n) is 13.3. The van der Waals surface area contributed by atoms with E-state index in [1.165, 1.54) is 0 Å². The summed E-state index contributed by atoms with van der Waals surface area (Å²) in [6, 6.07) is 13.5. The first-order chi connectivity index (χ1) is 12.0. The van der Waals surface area contributed by atoms with Crippen molar-refractivity contribution < 1.29 is 19.4 Å². The van der Waals surface area contributed by atoms with Gasteiger partial charge in [0.15, 0.2) is 0 Å². The summed E-state index contributed by atoms with van der Waals surface area (Å²) in [7, 11) is 0. The van der Waals surface area contributed by atoms with Gasteiger partial charge in [0.05, 0.1) is 13.2 Å². The molecule has 1 aliphatic rings. The molecule has 6 nitrogen and oxygen atoms in total. The first-order valence-corrected chi connectivity index (χ1v) is 8.15. The third-order valence-corrected chi connectivity index (χ3v) is 4.26. The number of ether oxygens (including phenoxy) is 1. The van der Waals surface area contributed by atoms with E-state index in [4.69, 9.17) is 16.3 Å². The molecule has 2 amide bonds. The molecule has 1 heterocycles. The molecule has 7 heteroatoms. The highest BCUT2D eigenvalue weighted by Gasteiger charge is 2.36. The van der Waals surface area contributed by atoms with Crippen LogP contribution in [0.3, 0.4) is 0 Å². The van der Waals surface area contributed by atoms with E-state index < -0.39 is 17.4 Å². The van der Waals surface area contributed by atoms with E-state index in [1.807, 2.05) is 6.07 Å². The molecule has 1 atom stereocenters. The summed E-state index contributed by atoms with van der Waals surface area (Å²) in [5.74, 6) is -1.06. The minimum absolute atomic E-state index is 0.0831. The maximum Gasteiger partial charge on any atom is 0.313 e. The number of halogens is 1. The predicted octanol–water partition coefficient (Wildman–Crippen LogP) is 2.06.